The number of carboxylic acids is 1. The predicted octanol–water partition coefficient (Wildman–Crippen LogP) is 5.22. The van der Waals surface area contributed by atoms with Crippen LogP contribution in [-0.4, -0.2) is 21.0 Å². The van der Waals surface area contributed by atoms with E-state index in [0.29, 0.717) is 17.3 Å². The molecule has 6 nitrogen and oxygen atoms in total. The van der Waals surface area contributed by atoms with Gasteiger partial charge in [-0.25, -0.2) is 19.2 Å². The standard InChI is InChI=1S/C24H20FN3O3/c1-15(17-5-7-19(8-6-17)24(29)30)28-22-21-18(9-11-26-22)10-12-27-23(21)31-14-16-3-2-4-20(25)13-16/h2-13,15H,14H2,1H3,(H,26,28)(H,29,30)/t15-/m0/s1. The van der Waals surface area contributed by atoms with Crippen LogP contribution in [0.25, 0.3) is 10.8 Å². The molecule has 1 atom stereocenters. The van der Waals surface area contributed by atoms with Gasteiger partial charge < -0.3 is 15.2 Å². The van der Waals surface area contributed by atoms with E-state index in [1.165, 1.54) is 12.1 Å². The van der Waals surface area contributed by atoms with Gasteiger partial charge in [0.1, 0.15) is 18.2 Å². The van der Waals surface area contributed by atoms with Crippen LogP contribution in [0.2, 0.25) is 0 Å². The lowest BCUT2D eigenvalue weighted by Gasteiger charge is -2.18. The molecule has 2 aromatic heterocycles. The molecule has 4 rings (SSSR count). The summed E-state index contributed by atoms with van der Waals surface area (Å²) in [6.07, 6.45) is 3.35. The number of anilines is 1. The fourth-order valence-corrected chi connectivity index (χ4v) is 3.29. The fourth-order valence-electron chi connectivity index (χ4n) is 3.29. The van der Waals surface area contributed by atoms with Crippen LogP contribution < -0.4 is 10.1 Å². The molecule has 0 fully saturated rings. The predicted molar refractivity (Wildman–Crippen MR) is 116 cm³/mol. The molecule has 2 aromatic carbocycles. The number of carboxylic acid groups (broad SMARTS) is 1. The molecule has 0 radical (unpaired) electrons. The quantitative estimate of drug-likeness (QED) is 0.429. The molecule has 0 amide bonds. The Bertz CT molecular complexity index is 1220. The van der Waals surface area contributed by atoms with Gasteiger partial charge in [-0.2, -0.15) is 0 Å². The summed E-state index contributed by atoms with van der Waals surface area (Å²) in [6, 6.07) is 16.5. The maximum atomic E-state index is 13.5. The van der Waals surface area contributed by atoms with Crippen molar-refractivity contribution in [3.8, 4) is 5.88 Å². The Balaban J connectivity index is 1.61. The van der Waals surface area contributed by atoms with Gasteiger partial charge in [-0.15, -0.1) is 0 Å². The zero-order valence-electron chi connectivity index (χ0n) is 16.7. The first-order valence-corrected chi connectivity index (χ1v) is 9.72. The number of rotatable bonds is 7. The summed E-state index contributed by atoms with van der Waals surface area (Å²) in [5, 5.41) is 14.1. The second-order valence-electron chi connectivity index (χ2n) is 7.09. The van der Waals surface area contributed by atoms with Gasteiger partial charge in [0.15, 0.2) is 0 Å². The van der Waals surface area contributed by atoms with Gasteiger partial charge >= 0.3 is 5.97 Å². The van der Waals surface area contributed by atoms with E-state index in [4.69, 9.17) is 9.84 Å². The summed E-state index contributed by atoms with van der Waals surface area (Å²) in [5.74, 6) is -0.298. The van der Waals surface area contributed by atoms with E-state index in [2.05, 4.69) is 15.3 Å². The number of fused-ring (bicyclic) bond motifs is 1. The highest BCUT2D eigenvalue weighted by Crippen LogP contribution is 2.31. The molecule has 0 bridgehead atoms. The van der Waals surface area contributed by atoms with Crippen molar-refractivity contribution < 1.29 is 19.0 Å². The number of aromatic carboxylic acids is 1. The molecule has 0 aliphatic rings. The van der Waals surface area contributed by atoms with Crippen molar-refractivity contribution in [2.24, 2.45) is 0 Å². The van der Waals surface area contributed by atoms with Gasteiger partial charge in [-0.3, -0.25) is 0 Å². The molecule has 31 heavy (non-hydrogen) atoms. The van der Waals surface area contributed by atoms with Crippen LogP contribution in [0, 0.1) is 5.82 Å². The number of benzene rings is 2. The Hall–Kier alpha value is -4.00. The zero-order valence-corrected chi connectivity index (χ0v) is 16.7. The third-order valence-electron chi connectivity index (χ3n) is 4.92. The average Bonchev–Trinajstić information content (AvgIpc) is 2.78. The van der Waals surface area contributed by atoms with Crippen LogP contribution in [0.1, 0.15) is 34.5 Å². The van der Waals surface area contributed by atoms with Gasteiger partial charge in [0.25, 0.3) is 0 Å². The minimum absolute atomic E-state index is 0.141. The summed E-state index contributed by atoms with van der Waals surface area (Å²) in [6.45, 7) is 2.13. The molecule has 0 spiro atoms. The van der Waals surface area contributed by atoms with Crippen molar-refractivity contribution in [3.63, 3.8) is 0 Å². The Kier molecular flexibility index (Phi) is 5.75. The summed E-state index contributed by atoms with van der Waals surface area (Å²) < 4.78 is 19.4. The maximum absolute atomic E-state index is 13.5. The van der Waals surface area contributed by atoms with E-state index in [-0.39, 0.29) is 24.0 Å². The Morgan fingerprint density at radius 1 is 1.10 bits per heavy atom. The molecule has 0 saturated carbocycles. The lowest BCUT2D eigenvalue weighted by atomic mass is 10.1. The maximum Gasteiger partial charge on any atom is 0.335 e. The van der Waals surface area contributed by atoms with Crippen molar-refractivity contribution >= 4 is 22.6 Å². The highest BCUT2D eigenvalue weighted by Gasteiger charge is 2.14. The lowest BCUT2D eigenvalue weighted by Crippen LogP contribution is -2.09. The third-order valence-corrected chi connectivity index (χ3v) is 4.92. The molecular formula is C24H20FN3O3. The van der Waals surface area contributed by atoms with Crippen LogP contribution in [-0.2, 0) is 6.61 Å². The number of nitrogens with one attached hydrogen (secondary N) is 1. The highest BCUT2D eigenvalue weighted by atomic mass is 19.1. The van der Waals surface area contributed by atoms with E-state index < -0.39 is 5.97 Å². The van der Waals surface area contributed by atoms with E-state index in [1.807, 2.05) is 19.1 Å². The van der Waals surface area contributed by atoms with E-state index >= 15 is 0 Å². The molecule has 0 unspecified atom stereocenters. The number of aromatic nitrogens is 2. The SMILES string of the molecule is C[C@H](Nc1nccc2ccnc(OCc3cccc(F)c3)c12)c1ccc(C(=O)O)cc1. The molecular weight excluding hydrogens is 397 g/mol. The summed E-state index contributed by atoms with van der Waals surface area (Å²) in [7, 11) is 0. The summed E-state index contributed by atoms with van der Waals surface area (Å²) in [5.41, 5.74) is 1.84. The van der Waals surface area contributed by atoms with Crippen molar-refractivity contribution in [1.29, 1.82) is 0 Å². The number of pyridine rings is 2. The summed E-state index contributed by atoms with van der Waals surface area (Å²) in [4.78, 5) is 19.9. The minimum Gasteiger partial charge on any atom is -0.478 e. The number of ether oxygens (including phenoxy) is 1. The van der Waals surface area contributed by atoms with Gasteiger partial charge in [0.05, 0.1) is 10.9 Å². The van der Waals surface area contributed by atoms with Crippen LogP contribution in [0.4, 0.5) is 10.2 Å². The molecule has 156 valence electrons. The fraction of sp³-hybridized carbons (Fsp3) is 0.125. The van der Waals surface area contributed by atoms with Crippen LogP contribution in [0.15, 0.2) is 73.1 Å². The first-order chi connectivity index (χ1) is 15.0. The van der Waals surface area contributed by atoms with Gasteiger partial charge in [0.2, 0.25) is 5.88 Å². The van der Waals surface area contributed by atoms with E-state index in [0.717, 1.165) is 16.3 Å². The second kappa shape index (κ2) is 8.79. The Labute approximate surface area is 178 Å². The number of hydrogen-bond donors (Lipinski definition) is 2. The Morgan fingerprint density at radius 3 is 2.55 bits per heavy atom. The molecule has 0 saturated heterocycles. The van der Waals surface area contributed by atoms with E-state index in [9.17, 15) is 9.18 Å². The first kappa shape index (κ1) is 20.3. The summed E-state index contributed by atoms with van der Waals surface area (Å²) >= 11 is 0. The van der Waals surface area contributed by atoms with E-state index in [1.54, 1.807) is 48.8 Å². The van der Waals surface area contributed by atoms with Gasteiger partial charge in [-0.05, 0) is 59.8 Å². The normalized spacial score (nSPS) is 11.8. The monoisotopic (exact) mass is 417 g/mol. The first-order valence-electron chi connectivity index (χ1n) is 9.72. The largest absolute Gasteiger partial charge is 0.478 e. The van der Waals surface area contributed by atoms with Crippen molar-refractivity contribution in [3.05, 3.63) is 95.6 Å². The number of carbonyl (C=O) groups is 1. The molecule has 2 heterocycles. The van der Waals surface area contributed by atoms with Crippen molar-refractivity contribution in [2.45, 2.75) is 19.6 Å². The molecule has 0 aliphatic heterocycles. The third kappa shape index (κ3) is 4.61. The van der Waals surface area contributed by atoms with Crippen molar-refractivity contribution in [1.82, 2.24) is 9.97 Å². The van der Waals surface area contributed by atoms with Gasteiger partial charge in [-0.1, -0.05) is 24.3 Å². The molecule has 0 aliphatic carbocycles. The average molecular weight is 417 g/mol. The number of halogens is 1. The molecule has 7 heteroatoms. The van der Waals surface area contributed by atoms with Crippen LogP contribution in [0.3, 0.4) is 0 Å². The molecule has 2 N–H and O–H groups in total. The number of nitrogens with zero attached hydrogens (tertiary/aromatic N) is 2. The number of hydrogen-bond acceptors (Lipinski definition) is 5. The zero-order chi connectivity index (χ0) is 21.8. The Morgan fingerprint density at radius 2 is 1.84 bits per heavy atom. The van der Waals surface area contributed by atoms with Crippen LogP contribution >= 0.6 is 0 Å². The topological polar surface area (TPSA) is 84.3 Å². The van der Waals surface area contributed by atoms with Crippen molar-refractivity contribution in [2.75, 3.05) is 5.32 Å². The smallest absolute Gasteiger partial charge is 0.335 e. The minimum atomic E-state index is -0.964. The lowest BCUT2D eigenvalue weighted by molar-refractivity contribution is 0.0697. The second-order valence-corrected chi connectivity index (χ2v) is 7.09. The van der Waals surface area contributed by atoms with Crippen LogP contribution in [0.5, 0.6) is 5.88 Å². The molecule has 4 aromatic rings. The highest BCUT2D eigenvalue weighted by molar-refractivity contribution is 5.95. The van der Waals surface area contributed by atoms with Gasteiger partial charge in [0, 0.05) is 18.4 Å².